The topological polar surface area (TPSA) is 40.2 Å². The lowest BCUT2D eigenvalue weighted by Crippen LogP contribution is -2.45. The van der Waals surface area contributed by atoms with Gasteiger partial charge in [-0.3, -0.25) is 9.88 Å². The minimum absolute atomic E-state index is 0.980. The molecule has 2 N–H and O–H groups in total. The summed E-state index contributed by atoms with van der Waals surface area (Å²) in [6, 6.07) is 10.3. The van der Waals surface area contributed by atoms with Gasteiger partial charge in [0.2, 0.25) is 0 Å². The van der Waals surface area contributed by atoms with Crippen molar-refractivity contribution in [3.8, 4) is 0 Å². The van der Waals surface area contributed by atoms with Crippen LogP contribution in [0.15, 0.2) is 36.5 Å². The summed E-state index contributed by atoms with van der Waals surface area (Å²) < 4.78 is 0. The average Bonchev–Trinajstić information content (AvgIpc) is 2.49. The van der Waals surface area contributed by atoms with Crippen LogP contribution in [0.2, 0.25) is 0 Å². The average molecular weight is 256 g/mol. The molecule has 3 rings (SSSR count). The van der Waals surface area contributed by atoms with E-state index in [1.165, 1.54) is 11.1 Å². The fourth-order valence-corrected chi connectivity index (χ4v) is 2.53. The van der Waals surface area contributed by atoms with E-state index in [2.05, 4.69) is 44.8 Å². The van der Waals surface area contributed by atoms with E-state index in [1.807, 2.05) is 12.3 Å². The Labute approximate surface area is 113 Å². The second-order valence-corrected chi connectivity index (χ2v) is 4.89. The number of hydrogen-bond acceptors (Lipinski definition) is 4. The largest absolute Gasteiger partial charge is 0.383 e. The minimum Gasteiger partial charge on any atom is -0.383 e. The Morgan fingerprint density at radius 3 is 2.89 bits per heavy atom. The van der Waals surface area contributed by atoms with Gasteiger partial charge in [0.05, 0.1) is 5.52 Å². The first-order valence-corrected chi connectivity index (χ1v) is 6.94. The van der Waals surface area contributed by atoms with Gasteiger partial charge >= 0.3 is 0 Å². The molecule has 0 amide bonds. The highest BCUT2D eigenvalue weighted by Crippen LogP contribution is 2.20. The van der Waals surface area contributed by atoms with E-state index in [4.69, 9.17) is 0 Å². The molecule has 1 aliphatic heterocycles. The molecule has 0 spiro atoms. The van der Waals surface area contributed by atoms with Crippen LogP contribution in [0.1, 0.15) is 0 Å². The van der Waals surface area contributed by atoms with Gasteiger partial charge in [-0.1, -0.05) is 18.2 Å². The zero-order valence-corrected chi connectivity index (χ0v) is 11.1. The second-order valence-electron chi connectivity index (χ2n) is 4.89. The molecule has 4 heteroatoms. The maximum absolute atomic E-state index is 4.38. The van der Waals surface area contributed by atoms with Crippen molar-refractivity contribution in [3.63, 3.8) is 0 Å². The molecule has 1 saturated heterocycles. The molecule has 19 heavy (non-hydrogen) atoms. The highest BCUT2D eigenvalue weighted by molar-refractivity contribution is 5.90. The van der Waals surface area contributed by atoms with Crippen molar-refractivity contribution < 1.29 is 0 Å². The minimum atomic E-state index is 0.980. The maximum atomic E-state index is 4.38. The summed E-state index contributed by atoms with van der Waals surface area (Å²) in [5.41, 5.74) is 2.23. The molecule has 0 aliphatic carbocycles. The zero-order chi connectivity index (χ0) is 12.9. The Kier molecular flexibility index (Phi) is 3.91. The van der Waals surface area contributed by atoms with Crippen molar-refractivity contribution in [2.45, 2.75) is 0 Å². The molecular weight excluding hydrogens is 236 g/mol. The van der Waals surface area contributed by atoms with Gasteiger partial charge in [-0.15, -0.1) is 0 Å². The third-order valence-electron chi connectivity index (χ3n) is 3.60. The van der Waals surface area contributed by atoms with Gasteiger partial charge in [0.15, 0.2) is 0 Å². The Morgan fingerprint density at radius 1 is 1.16 bits per heavy atom. The van der Waals surface area contributed by atoms with Crippen molar-refractivity contribution in [1.29, 1.82) is 0 Å². The third-order valence-corrected chi connectivity index (χ3v) is 3.60. The Bertz CT molecular complexity index is 529. The van der Waals surface area contributed by atoms with Crippen LogP contribution in [0.4, 0.5) is 5.69 Å². The van der Waals surface area contributed by atoms with Crippen molar-refractivity contribution in [3.05, 3.63) is 36.5 Å². The molecule has 2 aromatic rings. The fraction of sp³-hybridized carbons (Fsp3) is 0.400. The number of aromatic nitrogens is 1. The number of para-hydroxylation sites is 1. The molecular formula is C15H20N4. The van der Waals surface area contributed by atoms with Crippen LogP contribution in [-0.4, -0.2) is 49.2 Å². The third kappa shape index (κ3) is 3.03. The van der Waals surface area contributed by atoms with E-state index in [9.17, 15) is 0 Å². The molecule has 1 aliphatic rings. The van der Waals surface area contributed by atoms with Crippen molar-refractivity contribution >= 4 is 16.6 Å². The van der Waals surface area contributed by atoms with Crippen LogP contribution in [0, 0.1) is 0 Å². The number of nitrogens with zero attached hydrogens (tertiary/aromatic N) is 2. The lowest BCUT2D eigenvalue weighted by Gasteiger charge is -2.27. The van der Waals surface area contributed by atoms with Gasteiger partial charge < -0.3 is 10.6 Å². The first-order chi connectivity index (χ1) is 9.43. The summed E-state index contributed by atoms with van der Waals surface area (Å²) in [5, 5.41) is 8.11. The van der Waals surface area contributed by atoms with E-state index >= 15 is 0 Å². The van der Waals surface area contributed by atoms with Gasteiger partial charge in [0.25, 0.3) is 0 Å². The number of pyridine rings is 1. The lowest BCUT2D eigenvalue weighted by atomic mass is 10.2. The number of rotatable bonds is 4. The SMILES string of the molecule is c1ccc2c(NCCN3CCNCC3)ccnc2c1. The molecule has 0 unspecified atom stereocenters. The lowest BCUT2D eigenvalue weighted by molar-refractivity contribution is 0.249. The van der Waals surface area contributed by atoms with E-state index in [0.717, 1.165) is 44.8 Å². The van der Waals surface area contributed by atoms with Gasteiger partial charge in [0.1, 0.15) is 0 Å². The first-order valence-electron chi connectivity index (χ1n) is 6.94. The zero-order valence-electron chi connectivity index (χ0n) is 11.1. The molecule has 2 heterocycles. The molecule has 1 fully saturated rings. The summed E-state index contributed by atoms with van der Waals surface area (Å²) in [6.45, 7) is 6.60. The predicted octanol–water partition coefficient (Wildman–Crippen LogP) is 1.55. The van der Waals surface area contributed by atoms with Crippen LogP contribution < -0.4 is 10.6 Å². The molecule has 0 atom stereocenters. The molecule has 100 valence electrons. The number of benzene rings is 1. The normalized spacial score (nSPS) is 16.6. The van der Waals surface area contributed by atoms with Crippen LogP contribution in [0.25, 0.3) is 10.9 Å². The number of fused-ring (bicyclic) bond motifs is 1. The summed E-state index contributed by atoms with van der Waals surface area (Å²) in [5.74, 6) is 0. The van der Waals surface area contributed by atoms with Crippen molar-refractivity contribution in [2.75, 3.05) is 44.6 Å². The molecule has 0 bridgehead atoms. The highest BCUT2D eigenvalue weighted by atomic mass is 15.2. The summed E-state index contributed by atoms with van der Waals surface area (Å²) in [6.07, 6.45) is 1.87. The number of hydrogen-bond donors (Lipinski definition) is 2. The molecule has 1 aromatic heterocycles. The highest BCUT2D eigenvalue weighted by Gasteiger charge is 2.08. The predicted molar refractivity (Wildman–Crippen MR) is 79.5 cm³/mol. The van der Waals surface area contributed by atoms with Gasteiger partial charge in [0, 0.05) is 56.5 Å². The summed E-state index contributed by atoms with van der Waals surface area (Å²) in [7, 11) is 0. The van der Waals surface area contributed by atoms with Gasteiger partial charge in [-0.05, 0) is 12.1 Å². The van der Waals surface area contributed by atoms with E-state index < -0.39 is 0 Å². The number of anilines is 1. The summed E-state index contributed by atoms with van der Waals surface area (Å²) >= 11 is 0. The Balaban J connectivity index is 1.62. The Hall–Kier alpha value is -1.65. The van der Waals surface area contributed by atoms with Crippen LogP contribution in [0.3, 0.4) is 0 Å². The van der Waals surface area contributed by atoms with Crippen LogP contribution >= 0.6 is 0 Å². The van der Waals surface area contributed by atoms with Gasteiger partial charge in [-0.25, -0.2) is 0 Å². The monoisotopic (exact) mass is 256 g/mol. The molecule has 4 nitrogen and oxygen atoms in total. The Morgan fingerprint density at radius 2 is 2.00 bits per heavy atom. The molecule has 1 aromatic carbocycles. The summed E-state index contributed by atoms with van der Waals surface area (Å²) in [4.78, 5) is 6.87. The van der Waals surface area contributed by atoms with E-state index in [-0.39, 0.29) is 0 Å². The van der Waals surface area contributed by atoms with Crippen LogP contribution in [-0.2, 0) is 0 Å². The fourth-order valence-electron chi connectivity index (χ4n) is 2.53. The van der Waals surface area contributed by atoms with E-state index in [0.29, 0.717) is 0 Å². The van der Waals surface area contributed by atoms with Crippen LogP contribution in [0.5, 0.6) is 0 Å². The molecule has 0 saturated carbocycles. The first kappa shape index (κ1) is 12.4. The molecule has 0 radical (unpaired) electrons. The number of nitrogens with one attached hydrogen (secondary N) is 2. The van der Waals surface area contributed by atoms with Crippen molar-refractivity contribution in [1.82, 2.24) is 15.2 Å². The van der Waals surface area contributed by atoms with Gasteiger partial charge in [-0.2, -0.15) is 0 Å². The smallest absolute Gasteiger partial charge is 0.0722 e. The second kappa shape index (κ2) is 5.99. The standard InChI is InChI=1S/C15H20N4/c1-2-4-14-13(3-1)15(5-6-17-14)18-9-12-19-10-7-16-8-11-19/h1-6,16H,7-12H2,(H,17,18). The number of piperazine rings is 1. The maximum Gasteiger partial charge on any atom is 0.0722 e. The quantitative estimate of drug-likeness (QED) is 0.871. The van der Waals surface area contributed by atoms with E-state index in [1.54, 1.807) is 0 Å². The van der Waals surface area contributed by atoms with Crippen molar-refractivity contribution in [2.24, 2.45) is 0 Å².